The molecule has 1 aliphatic heterocycles. The average Bonchev–Trinajstić information content (AvgIpc) is 2.38. The summed E-state index contributed by atoms with van der Waals surface area (Å²) in [5.41, 5.74) is 1.54. The fraction of sp³-hybridized carbons (Fsp3) is 0.231. The fourth-order valence-corrected chi connectivity index (χ4v) is 2.31. The van der Waals surface area contributed by atoms with Crippen molar-refractivity contribution in [1.29, 1.82) is 0 Å². The van der Waals surface area contributed by atoms with E-state index in [4.69, 9.17) is 16.3 Å². The Morgan fingerprint density at radius 1 is 1.42 bits per heavy atom. The van der Waals surface area contributed by atoms with Crippen molar-refractivity contribution in [3.05, 3.63) is 50.7 Å². The zero-order valence-electron chi connectivity index (χ0n) is 9.87. The highest BCUT2D eigenvalue weighted by atomic mass is 35.5. The van der Waals surface area contributed by atoms with Crippen LogP contribution in [0.5, 0.6) is 0 Å². The summed E-state index contributed by atoms with van der Waals surface area (Å²) in [6.07, 6.45) is 0.588. The molecule has 2 aromatic rings. The second kappa shape index (κ2) is 4.75. The van der Waals surface area contributed by atoms with E-state index in [2.05, 4.69) is 9.97 Å². The van der Waals surface area contributed by atoms with Gasteiger partial charge in [0.1, 0.15) is 11.6 Å². The van der Waals surface area contributed by atoms with Gasteiger partial charge in [-0.05, 0) is 18.2 Å². The highest BCUT2D eigenvalue weighted by molar-refractivity contribution is 6.33. The Kier molecular flexibility index (Phi) is 3.08. The number of H-pyrrole nitrogens is 1. The third-order valence-electron chi connectivity index (χ3n) is 3.02. The Balaban J connectivity index is 2.15. The number of nitrogens with zero attached hydrogens (tertiary/aromatic N) is 1. The number of aromatic nitrogens is 2. The summed E-state index contributed by atoms with van der Waals surface area (Å²) < 4.78 is 18.2. The maximum Gasteiger partial charge on any atom is 0.256 e. The van der Waals surface area contributed by atoms with E-state index in [-0.39, 0.29) is 17.2 Å². The third-order valence-corrected chi connectivity index (χ3v) is 3.33. The van der Waals surface area contributed by atoms with E-state index in [1.54, 1.807) is 0 Å². The fourth-order valence-electron chi connectivity index (χ4n) is 2.05. The van der Waals surface area contributed by atoms with Crippen LogP contribution in [-0.4, -0.2) is 16.6 Å². The molecule has 1 aromatic carbocycles. The lowest BCUT2D eigenvalue weighted by Crippen LogP contribution is -2.24. The second-order valence-corrected chi connectivity index (χ2v) is 4.67. The molecule has 2 heterocycles. The Bertz CT molecular complexity index is 700. The predicted octanol–water partition coefficient (Wildman–Crippen LogP) is 2.30. The Hall–Kier alpha value is -1.72. The van der Waals surface area contributed by atoms with Gasteiger partial charge < -0.3 is 9.72 Å². The van der Waals surface area contributed by atoms with Gasteiger partial charge in [-0.3, -0.25) is 4.79 Å². The lowest BCUT2D eigenvalue weighted by Gasteiger charge is -2.15. The van der Waals surface area contributed by atoms with Crippen LogP contribution in [0.1, 0.15) is 11.3 Å². The molecule has 98 valence electrons. The van der Waals surface area contributed by atoms with Crippen molar-refractivity contribution in [2.75, 3.05) is 6.61 Å². The molecule has 0 aliphatic carbocycles. The lowest BCUT2D eigenvalue weighted by atomic mass is 10.1. The molecular weight excluding hydrogens is 271 g/mol. The molecule has 6 heteroatoms. The normalized spacial score (nSPS) is 14.2. The highest BCUT2D eigenvalue weighted by Crippen LogP contribution is 2.26. The molecule has 0 atom stereocenters. The van der Waals surface area contributed by atoms with Gasteiger partial charge >= 0.3 is 0 Å². The minimum absolute atomic E-state index is 0.218. The molecule has 0 fully saturated rings. The van der Waals surface area contributed by atoms with Gasteiger partial charge in [0.25, 0.3) is 5.56 Å². The second-order valence-electron chi connectivity index (χ2n) is 4.27. The van der Waals surface area contributed by atoms with Crippen molar-refractivity contribution in [2.24, 2.45) is 0 Å². The van der Waals surface area contributed by atoms with Crippen LogP contribution in [0.15, 0.2) is 23.0 Å². The lowest BCUT2D eigenvalue weighted by molar-refractivity contribution is 0.108. The van der Waals surface area contributed by atoms with Gasteiger partial charge in [0.15, 0.2) is 0 Å². The van der Waals surface area contributed by atoms with E-state index < -0.39 is 5.82 Å². The molecule has 1 N–H and O–H groups in total. The number of hydrogen-bond donors (Lipinski definition) is 1. The van der Waals surface area contributed by atoms with Gasteiger partial charge in [-0.1, -0.05) is 11.6 Å². The maximum absolute atomic E-state index is 13.0. The summed E-state index contributed by atoms with van der Waals surface area (Å²) in [6, 6.07) is 3.98. The smallest absolute Gasteiger partial charge is 0.256 e. The molecule has 3 rings (SSSR count). The number of aromatic amines is 1. The zero-order chi connectivity index (χ0) is 13.4. The average molecular weight is 281 g/mol. The van der Waals surface area contributed by atoms with Crippen LogP contribution >= 0.6 is 11.6 Å². The molecule has 1 aromatic heterocycles. The Labute approximate surface area is 113 Å². The summed E-state index contributed by atoms with van der Waals surface area (Å²) >= 11 is 5.97. The van der Waals surface area contributed by atoms with Crippen molar-refractivity contribution in [2.45, 2.75) is 13.0 Å². The zero-order valence-corrected chi connectivity index (χ0v) is 10.6. The van der Waals surface area contributed by atoms with Crippen LogP contribution in [0.4, 0.5) is 4.39 Å². The summed E-state index contributed by atoms with van der Waals surface area (Å²) in [5, 5.41) is 0.218. The van der Waals surface area contributed by atoms with Gasteiger partial charge in [0.05, 0.1) is 29.5 Å². The highest BCUT2D eigenvalue weighted by Gasteiger charge is 2.17. The Morgan fingerprint density at radius 2 is 2.26 bits per heavy atom. The van der Waals surface area contributed by atoms with E-state index in [1.165, 1.54) is 18.2 Å². The molecule has 0 amide bonds. The van der Waals surface area contributed by atoms with Crippen LogP contribution < -0.4 is 5.56 Å². The van der Waals surface area contributed by atoms with Gasteiger partial charge in [-0.2, -0.15) is 0 Å². The number of halogens is 2. The first-order valence-corrected chi connectivity index (χ1v) is 6.18. The number of hydrogen-bond acceptors (Lipinski definition) is 3. The number of rotatable bonds is 1. The van der Waals surface area contributed by atoms with E-state index in [0.29, 0.717) is 35.7 Å². The maximum atomic E-state index is 13.0. The van der Waals surface area contributed by atoms with Gasteiger partial charge in [-0.15, -0.1) is 0 Å². The third kappa shape index (κ3) is 2.27. The molecule has 19 heavy (non-hydrogen) atoms. The molecular formula is C13H10ClFN2O2. The monoisotopic (exact) mass is 280 g/mol. The van der Waals surface area contributed by atoms with E-state index >= 15 is 0 Å². The van der Waals surface area contributed by atoms with Gasteiger partial charge in [0, 0.05) is 12.0 Å². The van der Waals surface area contributed by atoms with Crippen molar-refractivity contribution in [1.82, 2.24) is 9.97 Å². The summed E-state index contributed by atoms with van der Waals surface area (Å²) in [5.74, 6) is -0.0712. The largest absolute Gasteiger partial charge is 0.376 e. The first kappa shape index (κ1) is 12.3. The van der Waals surface area contributed by atoms with Crippen LogP contribution in [0.3, 0.4) is 0 Å². The van der Waals surface area contributed by atoms with Gasteiger partial charge in [0.2, 0.25) is 0 Å². The van der Waals surface area contributed by atoms with E-state index in [1.807, 2.05) is 0 Å². The SMILES string of the molecule is O=c1[nH]c(-c2ccc(F)cc2Cl)nc2c1COCC2. The molecule has 4 nitrogen and oxygen atoms in total. The summed E-state index contributed by atoms with van der Waals surface area (Å²) in [6.45, 7) is 0.815. The first-order chi connectivity index (χ1) is 9.15. The number of fused-ring (bicyclic) bond motifs is 1. The number of nitrogens with one attached hydrogen (secondary N) is 1. The van der Waals surface area contributed by atoms with Gasteiger partial charge in [-0.25, -0.2) is 9.37 Å². The molecule has 0 radical (unpaired) electrons. The minimum atomic E-state index is -0.428. The standard InChI is InChI=1S/C13H10ClFN2O2/c14-10-5-7(15)1-2-8(10)12-16-11-3-4-19-6-9(11)13(18)17-12/h1-2,5H,3-4,6H2,(H,16,17,18). The molecule has 0 saturated heterocycles. The van der Waals surface area contributed by atoms with Crippen LogP contribution in [0, 0.1) is 5.82 Å². The van der Waals surface area contributed by atoms with E-state index in [9.17, 15) is 9.18 Å². The van der Waals surface area contributed by atoms with Crippen LogP contribution in [0.25, 0.3) is 11.4 Å². The first-order valence-electron chi connectivity index (χ1n) is 5.80. The molecule has 0 bridgehead atoms. The topological polar surface area (TPSA) is 55.0 Å². The summed E-state index contributed by atoms with van der Waals surface area (Å²) in [7, 11) is 0. The Morgan fingerprint density at radius 3 is 3.05 bits per heavy atom. The number of ether oxygens (including phenoxy) is 1. The van der Waals surface area contributed by atoms with Crippen molar-refractivity contribution < 1.29 is 9.13 Å². The molecule has 0 saturated carbocycles. The van der Waals surface area contributed by atoms with Crippen molar-refractivity contribution in [3.63, 3.8) is 0 Å². The quantitative estimate of drug-likeness (QED) is 0.872. The predicted molar refractivity (Wildman–Crippen MR) is 68.6 cm³/mol. The van der Waals surface area contributed by atoms with Crippen molar-refractivity contribution in [3.8, 4) is 11.4 Å². The number of benzene rings is 1. The molecule has 0 unspecified atom stereocenters. The van der Waals surface area contributed by atoms with Crippen LogP contribution in [0.2, 0.25) is 5.02 Å². The van der Waals surface area contributed by atoms with Crippen LogP contribution in [-0.2, 0) is 17.8 Å². The molecule has 0 spiro atoms. The molecule has 1 aliphatic rings. The van der Waals surface area contributed by atoms with E-state index in [0.717, 1.165) is 0 Å². The summed E-state index contributed by atoms with van der Waals surface area (Å²) in [4.78, 5) is 19.0. The minimum Gasteiger partial charge on any atom is -0.376 e. The van der Waals surface area contributed by atoms with Crippen molar-refractivity contribution >= 4 is 11.6 Å².